The molecule has 0 saturated heterocycles. The summed E-state index contributed by atoms with van der Waals surface area (Å²) in [5, 5.41) is 9.52. The molecule has 1 N–H and O–H groups in total. The third-order valence-electron chi connectivity index (χ3n) is 5.34. The van der Waals surface area contributed by atoms with Gasteiger partial charge in [0.25, 0.3) is 0 Å². The summed E-state index contributed by atoms with van der Waals surface area (Å²) in [7, 11) is 0. The maximum atomic E-state index is 14.4. The molecule has 0 unspecified atom stereocenters. The monoisotopic (exact) mass is 312 g/mol. The highest BCUT2D eigenvalue weighted by molar-refractivity contribution is 5.70. The van der Waals surface area contributed by atoms with Crippen LogP contribution in [0.25, 0.3) is 11.1 Å². The van der Waals surface area contributed by atoms with Gasteiger partial charge in [0.05, 0.1) is 6.61 Å². The lowest BCUT2D eigenvalue weighted by Gasteiger charge is -2.30. The first-order valence-electron chi connectivity index (χ1n) is 8.42. The zero-order valence-electron chi connectivity index (χ0n) is 14.2. The molecule has 1 aliphatic carbocycles. The minimum absolute atomic E-state index is 0.0245. The van der Waals surface area contributed by atoms with Gasteiger partial charge in [-0.15, -0.1) is 0 Å². The summed E-state index contributed by atoms with van der Waals surface area (Å²) in [5.41, 5.74) is 5.01. The van der Waals surface area contributed by atoms with E-state index in [4.69, 9.17) is 0 Å². The molecule has 0 heterocycles. The van der Waals surface area contributed by atoms with Crippen LogP contribution >= 0.6 is 0 Å². The first kappa shape index (κ1) is 16.2. The van der Waals surface area contributed by atoms with Crippen LogP contribution in [-0.4, -0.2) is 5.11 Å². The number of halogens is 1. The van der Waals surface area contributed by atoms with Crippen LogP contribution in [0.3, 0.4) is 0 Å². The second-order valence-corrected chi connectivity index (χ2v) is 7.50. The van der Waals surface area contributed by atoms with Gasteiger partial charge in [0.2, 0.25) is 0 Å². The van der Waals surface area contributed by atoms with Crippen molar-refractivity contribution in [2.24, 2.45) is 5.41 Å². The highest BCUT2D eigenvalue weighted by atomic mass is 19.1. The Labute approximate surface area is 138 Å². The van der Waals surface area contributed by atoms with Crippen LogP contribution in [0.1, 0.15) is 55.7 Å². The molecule has 0 aromatic heterocycles. The third kappa shape index (κ3) is 3.05. The molecule has 0 bridgehead atoms. The number of hydrogen-bond donors (Lipinski definition) is 1. The first-order chi connectivity index (χ1) is 10.9. The normalized spacial score (nSPS) is 20.0. The summed E-state index contributed by atoms with van der Waals surface area (Å²) < 4.78 is 14.4. The topological polar surface area (TPSA) is 20.2 Å². The lowest BCUT2D eigenvalue weighted by molar-refractivity contribution is 0.281. The molecule has 1 fully saturated rings. The van der Waals surface area contributed by atoms with E-state index in [0.717, 1.165) is 23.1 Å². The Morgan fingerprint density at radius 3 is 2.57 bits per heavy atom. The van der Waals surface area contributed by atoms with Crippen LogP contribution < -0.4 is 0 Å². The van der Waals surface area contributed by atoms with E-state index in [1.807, 2.05) is 25.1 Å². The first-order valence-corrected chi connectivity index (χ1v) is 8.42. The fourth-order valence-corrected chi connectivity index (χ4v) is 3.99. The molecule has 1 atom stereocenters. The molecular formula is C21H25FO. The van der Waals surface area contributed by atoms with E-state index >= 15 is 0 Å². The predicted molar refractivity (Wildman–Crippen MR) is 92.9 cm³/mol. The van der Waals surface area contributed by atoms with E-state index in [9.17, 15) is 9.50 Å². The fourth-order valence-electron chi connectivity index (χ4n) is 3.99. The SMILES string of the molecule is Cc1ccc(F)c(-c2ccc(CO)cc2[C@H]2CCCC2(C)C)c1. The largest absolute Gasteiger partial charge is 0.392 e. The Morgan fingerprint density at radius 2 is 1.91 bits per heavy atom. The molecule has 2 heteroatoms. The summed E-state index contributed by atoms with van der Waals surface area (Å²) in [6.07, 6.45) is 3.52. The lowest BCUT2D eigenvalue weighted by Crippen LogP contribution is -2.16. The van der Waals surface area contributed by atoms with Crippen molar-refractivity contribution < 1.29 is 9.50 Å². The van der Waals surface area contributed by atoms with Crippen LogP contribution in [0.5, 0.6) is 0 Å². The van der Waals surface area contributed by atoms with Crippen LogP contribution in [-0.2, 0) is 6.61 Å². The van der Waals surface area contributed by atoms with Crippen molar-refractivity contribution in [1.29, 1.82) is 0 Å². The summed E-state index contributed by atoms with van der Waals surface area (Å²) in [4.78, 5) is 0. The van der Waals surface area contributed by atoms with Crippen molar-refractivity contribution >= 4 is 0 Å². The standard InChI is InChI=1S/C21H25FO/c1-14-6-9-20(22)18(11-14)16-8-7-15(13-23)12-17(16)19-5-4-10-21(19,2)3/h6-9,11-12,19,23H,4-5,10,13H2,1-3H3/t19-/m1/s1. The van der Waals surface area contributed by atoms with E-state index in [2.05, 4.69) is 19.9 Å². The maximum absolute atomic E-state index is 14.4. The molecule has 0 spiro atoms. The van der Waals surface area contributed by atoms with Crippen LogP contribution in [0.15, 0.2) is 36.4 Å². The zero-order chi connectivity index (χ0) is 16.6. The lowest BCUT2D eigenvalue weighted by atomic mass is 9.75. The molecular weight excluding hydrogens is 287 g/mol. The van der Waals surface area contributed by atoms with Crippen molar-refractivity contribution in [3.05, 3.63) is 58.9 Å². The number of aliphatic hydroxyl groups excluding tert-OH is 1. The smallest absolute Gasteiger partial charge is 0.131 e. The second-order valence-electron chi connectivity index (χ2n) is 7.50. The van der Waals surface area contributed by atoms with Crippen molar-refractivity contribution in [3.8, 4) is 11.1 Å². The average Bonchev–Trinajstić information content (AvgIpc) is 2.88. The number of aliphatic hydroxyl groups is 1. The van der Waals surface area contributed by atoms with Crippen molar-refractivity contribution in [1.82, 2.24) is 0 Å². The molecule has 23 heavy (non-hydrogen) atoms. The molecule has 3 rings (SSSR count). The quantitative estimate of drug-likeness (QED) is 0.783. The van der Waals surface area contributed by atoms with Gasteiger partial charge in [0.1, 0.15) is 5.82 Å². The number of hydrogen-bond acceptors (Lipinski definition) is 1. The third-order valence-corrected chi connectivity index (χ3v) is 5.34. The van der Waals surface area contributed by atoms with E-state index in [1.54, 1.807) is 12.1 Å². The van der Waals surface area contributed by atoms with Gasteiger partial charge in [-0.25, -0.2) is 4.39 Å². The average molecular weight is 312 g/mol. The molecule has 1 saturated carbocycles. The molecule has 0 aliphatic heterocycles. The minimum Gasteiger partial charge on any atom is -0.392 e. The summed E-state index contributed by atoms with van der Waals surface area (Å²) >= 11 is 0. The van der Waals surface area contributed by atoms with Gasteiger partial charge in [-0.1, -0.05) is 50.1 Å². The van der Waals surface area contributed by atoms with Gasteiger partial charge >= 0.3 is 0 Å². The van der Waals surface area contributed by atoms with Gasteiger partial charge in [-0.05, 0) is 59.9 Å². The minimum atomic E-state index is -0.176. The number of benzene rings is 2. The molecule has 2 aromatic carbocycles. The van der Waals surface area contributed by atoms with Crippen molar-refractivity contribution in [2.45, 2.75) is 52.6 Å². The molecule has 0 amide bonds. The summed E-state index contributed by atoms with van der Waals surface area (Å²) in [5.74, 6) is 0.230. The van der Waals surface area contributed by atoms with Crippen molar-refractivity contribution in [2.75, 3.05) is 0 Å². The van der Waals surface area contributed by atoms with E-state index in [-0.39, 0.29) is 17.8 Å². The summed E-state index contributed by atoms with van der Waals surface area (Å²) in [6, 6.07) is 11.2. The zero-order valence-corrected chi connectivity index (χ0v) is 14.2. The van der Waals surface area contributed by atoms with Crippen LogP contribution in [0, 0.1) is 18.2 Å². The predicted octanol–water partition coefficient (Wildman–Crippen LogP) is 5.59. The van der Waals surface area contributed by atoms with E-state index in [0.29, 0.717) is 11.5 Å². The van der Waals surface area contributed by atoms with E-state index < -0.39 is 0 Å². The Morgan fingerprint density at radius 1 is 1.13 bits per heavy atom. The molecule has 0 radical (unpaired) electrons. The van der Waals surface area contributed by atoms with Crippen LogP contribution in [0.4, 0.5) is 4.39 Å². The fraction of sp³-hybridized carbons (Fsp3) is 0.429. The van der Waals surface area contributed by atoms with Gasteiger partial charge in [0, 0.05) is 5.56 Å². The molecule has 2 aromatic rings. The highest BCUT2D eigenvalue weighted by Crippen LogP contribution is 2.51. The second kappa shape index (κ2) is 6.09. The Balaban J connectivity index is 2.19. The van der Waals surface area contributed by atoms with Gasteiger partial charge in [-0.3, -0.25) is 0 Å². The summed E-state index contributed by atoms with van der Waals surface area (Å²) in [6.45, 7) is 6.61. The Bertz CT molecular complexity index is 718. The van der Waals surface area contributed by atoms with Crippen molar-refractivity contribution in [3.63, 3.8) is 0 Å². The van der Waals surface area contributed by atoms with Gasteiger partial charge < -0.3 is 5.11 Å². The molecule has 1 aliphatic rings. The number of rotatable bonds is 3. The Kier molecular flexibility index (Phi) is 4.29. The van der Waals surface area contributed by atoms with Crippen LogP contribution in [0.2, 0.25) is 0 Å². The van der Waals surface area contributed by atoms with Gasteiger partial charge in [-0.2, -0.15) is 0 Å². The van der Waals surface area contributed by atoms with Gasteiger partial charge in [0.15, 0.2) is 0 Å². The number of aryl methyl sites for hydroxylation is 1. The van der Waals surface area contributed by atoms with E-state index in [1.165, 1.54) is 18.4 Å². The maximum Gasteiger partial charge on any atom is 0.131 e. The molecule has 1 nitrogen and oxygen atoms in total. The Hall–Kier alpha value is -1.67. The molecule has 122 valence electrons. The highest BCUT2D eigenvalue weighted by Gasteiger charge is 2.37.